The molecule has 4 N–H and O–H groups in total. The van der Waals surface area contributed by atoms with Crippen LogP contribution < -0.4 is 10.6 Å². The molecule has 7 atom stereocenters. The second kappa shape index (κ2) is 13.5. The molecular weight excluding hydrogens is 514 g/mol. The van der Waals surface area contributed by atoms with E-state index in [9.17, 15) is 29.4 Å². The smallest absolute Gasteiger partial charge is 0.274 e. The Morgan fingerprint density at radius 2 is 1.90 bits per heavy atom. The summed E-state index contributed by atoms with van der Waals surface area (Å²) in [5.41, 5.74) is 0.468. The van der Waals surface area contributed by atoms with Gasteiger partial charge in [-0.05, 0) is 42.0 Å². The van der Waals surface area contributed by atoms with E-state index in [-0.39, 0.29) is 36.0 Å². The SMILES string of the molecule is CCC(C)C1C(=O)C[C@H](C)[C@H](NC(=O)c2ncccc2O)C(=O)N[C@@H](Cc2cccnc2)[C@@H](O)[C@@H](C)C(=O)N1C. The molecule has 40 heavy (non-hydrogen) atoms. The number of rotatable bonds is 6. The Labute approximate surface area is 234 Å². The van der Waals surface area contributed by atoms with Gasteiger partial charge in [0.1, 0.15) is 11.8 Å². The van der Waals surface area contributed by atoms with E-state index < -0.39 is 53.8 Å². The first-order valence-corrected chi connectivity index (χ1v) is 13.6. The van der Waals surface area contributed by atoms with Crippen LogP contribution in [0.1, 0.15) is 56.6 Å². The van der Waals surface area contributed by atoms with Gasteiger partial charge in [0, 0.05) is 32.1 Å². The molecule has 11 heteroatoms. The van der Waals surface area contributed by atoms with E-state index in [4.69, 9.17) is 0 Å². The van der Waals surface area contributed by atoms with Crippen molar-refractivity contribution >= 4 is 23.5 Å². The second-order valence-electron chi connectivity index (χ2n) is 10.7. The summed E-state index contributed by atoms with van der Waals surface area (Å²) in [5.74, 6) is -4.24. The number of ketones is 1. The monoisotopic (exact) mass is 553 g/mol. The van der Waals surface area contributed by atoms with Gasteiger partial charge in [-0.3, -0.25) is 24.2 Å². The van der Waals surface area contributed by atoms with Crippen molar-refractivity contribution in [3.8, 4) is 5.75 Å². The molecule has 0 radical (unpaired) electrons. The summed E-state index contributed by atoms with van der Waals surface area (Å²) in [6.45, 7) is 7.04. The molecule has 216 valence electrons. The number of nitrogens with one attached hydrogen (secondary N) is 2. The van der Waals surface area contributed by atoms with Gasteiger partial charge in [0.15, 0.2) is 11.5 Å². The number of likely N-dealkylation sites (N-methyl/N-ethyl adjacent to an activating group) is 1. The number of aromatic nitrogens is 2. The minimum absolute atomic E-state index is 0.0938. The third-order valence-electron chi connectivity index (χ3n) is 7.76. The predicted molar refractivity (Wildman–Crippen MR) is 147 cm³/mol. The van der Waals surface area contributed by atoms with Gasteiger partial charge >= 0.3 is 0 Å². The molecule has 0 aromatic carbocycles. The summed E-state index contributed by atoms with van der Waals surface area (Å²) in [6.07, 6.45) is 3.95. The van der Waals surface area contributed by atoms with Crippen molar-refractivity contribution in [3.63, 3.8) is 0 Å². The number of amides is 3. The third-order valence-corrected chi connectivity index (χ3v) is 7.76. The maximum Gasteiger partial charge on any atom is 0.274 e. The van der Waals surface area contributed by atoms with Crippen LogP contribution in [0.3, 0.4) is 0 Å². The first-order valence-electron chi connectivity index (χ1n) is 13.6. The molecule has 1 fully saturated rings. The van der Waals surface area contributed by atoms with E-state index in [1.165, 1.54) is 23.2 Å². The molecule has 3 heterocycles. The Kier molecular flexibility index (Phi) is 10.3. The van der Waals surface area contributed by atoms with E-state index in [1.54, 1.807) is 45.4 Å². The molecule has 11 nitrogen and oxygen atoms in total. The molecule has 0 bridgehead atoms. The Balaban J connectivity index is 2.04. The van der Waals surface area contributed by atoms with Crippen molar-refractivity contribution in [1.29, 1.82) is 0 Å². The first kappa shape index (κ1) is 30.7. The van der Waals surface area contributed by atoms with E-state index in [2.05, 4.69) is 20.6 Å². The summed E-state index contributed by atoms with van der Waals surface area (Å²) in [6, 6.07) is 3.42. The molecule has 1 saturated heterocycles. The Hall–Kier alpha value is -3.86. The molecule has 0 saturated carbocycles. The van der Waals surface area contributed by atoms with Crippen LogP contribution >= 0.6 is 0 Å². The number of aliphatic hydroxyl groups excluding tert-OH is 1. The number of carbonyl (C=O) groups excluding carboxylic acids is 4. The summed E-state index contributed by atoms with van der Waals surface area (Å²) in [5, 5.41) is 27.0. The number of hydrogen-bond donors (Lipinski definition) is 4. The number of pyridine rings is 2. The zero-order chi connectivity index (χ0) is 29.6. The van der Waals surface area contributed by atoms with Gasteiger partial charge in [-0.2, -0.15) is 0 Å². The summed E-state index contributed by atoms with van der Waals surface area (Å²) in [7, 11) is 1.56. The number of hydrogen-bond acceptors (Lipinski definition) is 8. The standard InChI is InChI=1S/C29H39N5O6/c1-6-16(2)25-22(36)13-17(3)23(33-28(39)24-21(35)10-8-12-31-24)27(38)32-20(14-19-9-7-11-30-15-19)26(37)18(4)29(40)34(25)5/h7-12,15-18,20,23,25-26,35,37H,6,13-14H2,1-5H3,(H,32,38)(H,33,39)/t16?,17-,18+,20-,23-,25?,26-/m0/s1. The van der Waals surface area contributed by atoms with Crippen LogP contribution in [0.4, 0.5) is 0 Å². The lowest BCUT2D eigenvalue weighted by Crippen LogP contribution is -2.59. The van der Waals surface area contributed by atoms with Crippen LogP contribution in [-0.4, -0.2) is 79.9 Å². The van der Waals surface area contributed by atoms with Crippen LogP contribution in [0.25, 0.3) is 0 Å². The zero-order valence-corrected chi connectivity index (χ0v) is 23.6. The first-order chi connectivity index (χ1) is 19.0. The molecule has 3 rings (SSSR count). The Morgan fingerprint density at radius 1 is 1.20 bits per heavy atom. The molecule has 0 spiro atoms. The molecular formula is C29H39N5O6. The molecule has 3 amide bonds. The maximum absolute atomic E-state index is 13.7. The van der Waals surface area contributed by atoms with Crippen molar-refractivity contribution in [2.45, 2.75) is 71.2 Å². The quantitative estimate of drug-likeness (QED) is 0.418. The van der Waals surface area contributed by atoms with Crippen molar-refractivity contribution < 1.29 is 29.4 Å². The van der Waals surface area contributed by atoms with Crippen LogP contribution in [0.2, 0.25) is 0 Å². The molecule has 1 aliphatic heterocycles. The van der Waals surface area contributed by atoms with Crippen molar-refractivity contribution in [2.75, 3.05) is 7.05 Å². The van der Waals surface area contributed by atoms with E-state index in [0.717, 1.165) is 5.56 Å². The van der Waals surface area contributed by atoms with Crippen LogP contribution in [0, 0.1) is 17.8 Å². The van der Waals surface area contributed by atoms with Gasteiger partial charge < -0.3 is 25.7 Å². The highest BCUT2D eigenvalue weighted by Crippen LogP contribution is 2.25. The average molecular weight is 554 g/mol. The van der Waals surface area contributed by atoms with E-state index in [1.807, 2.05) is 13.8 Å². The average Bonchev–Trinajstić information content (AvgIpc) is 2.94. The van der Waals surface area contributed by atoms with Gasteiger partial charge in [-0.15, -0.1) is 0 Å². The van der Waals surface area contributed by atoms with Crippen molar-refractivity contribution in [3.05, 3.63) is 54.1 Å². The Bertz CT molecular complexity index is 1210. The van der Waals surface area contributed by atoms with Crippen LogP contribution in [-0.2, 0) is 20.8 Å². The molecule has 0 aliphatic carbocycles. The van der Waals surface area contributed by atoms with Crippen molar-refractivity contribution in [1.82, 2.24) is 25.5 Å². The molecule has 1 aliphatic rings. The van der Waals surface area contributed by atoms with Gasteiger partial charge in [0.2, 0.25) is 11.8 Å². The highest BCUT2D eigenvalue weighted by molar-refractivity contribution is 5.98. The second-order valence-corrected chi connectivity index (χ2v) is 10.7. The molecule has 2 unspecified atom stereocenters. The number of carbonyl (C=O) groups is 4. The fourth-order valence-electron chi connectivity index (χ4n) is 5.20. The summed E-state index contributed by atoms with van der Waals surface area (Å²) < 4.78 is 0. The number of nitrogens with zero attached hydrogens (tertiary/aromatic N) is 3. The maximum atomic E-state index is 13.7. The van der Waals surface area contributed by atoms with Gasteiger partial charge in [0.25, 0.3) is 5.91 Å². The fourth-order valence-corrected chi connectivity index (χ4v) is 5.20. The molecule has 2 aromatic heterocycles. The van der Waals surface area contributed by atoms with Crippen LogP contribution in [0.15, 0.2) is 42.9 Å². The number of aromatic hydroxyl groups is 1. The number of Topliss-reactive ketones (excluding diaryl/α,β-unsaturated/α-hetero) is 1. The lowest BCUT2D eigenvalue weighted by molar-refractivity contribution is -0.147. The van der Waals surface area contributed by atoms with Gasteiger partial charge in [-0.25, -0.2) is 4.98 Å². The van der Waals surface area contributed by atoms with Gasteiger partial charge in [-0.1, -0.05) is 40.2 Å². The van der Waals surface area contributed by atoms with E-state index in [0.29, 0.717) is 6.42 Å². The van der Waals surface area contributed by atoms with Crippen LogP contribution in [0.5, 0.6) is 5.75 Å². The minimum atomic E-state index is -1.31. The summed E-state index contributed by atoms with van der Waals surface area (Å²) in [4.78, 5) is 63.3. The molecule has 2 aromatic rings. The highest BCUT2D eigenvalue weighted by Gasteiger charge is 2.41. The lowest BCUT2D eigenvalue weighted by Gasteiger charge is -2.38. The lowest BCUT2D eigenvalue weighted by atomic mass is 9.84. The minimum Gasteiger partial charge on any atom is -0.505 e. The van der Waals surface area contributed by atoms with E-state index >= 15 is 0 Å². The normalized spacial score (nSPS) is 27.2. The fraction of sp³-hybridized carbons (Fsp3) is 0.517. The summed E-state index contributed by atoms with van der Waals surface area (Å²) >= 11 is 0. The largest absolute Gasteiger partial charge is 0.505 e. The van der Waals surface area contributed by atoms with Crippen molar-refractivity contribution in [2.24, 2.45) is 17.8 Å². The predicted octanol–water partition coefficient (Wildman–Crippen LogP) is 1.49. The van der Waals surface area contributed by atoms with Gasteiger partial charge in [0.05, 0.1) is 24.1 Å². The topological polar surface area (TPSA) is 162 Å². The highest BCUT2D eigenvalue weighted by atomic mass is 16.3. The Morgan fingerprint density at radius 3 is 2.52 bits per heavy atom. The zero-order valence-electron chi connectivity index (χ0n) is 23.6. The third kappa shape index (κ3) is 7.01. The number of aliphatic hydroxyl groups is 1.